The Kier molecular flexibility index (Phi) is 5.77. The summed E-state index contributed by atoms with van der Waals surface area (Å²) in [5.74, 6) is 1.66. The Morgan fingerprint density at radius 3 is 2.75 bits per heavy atom. The van der Waals surface area contributed by atoms with Crippen molar-refractivity contribution in [1.82, 2.24) is 5.32 Å². The van der Waals surface area contributed by atoms with Crippen LogP contribution in [0.2, 0.25) is 0 Å². The number of methoxy groups -OCH3 is 1. The molecule has 1 aromatic rings. The van der Waals surface area contributed by atoms with E-state index in [-0.39, 0.29) is 0 Å². The first-order chi connectivity index (χ1) is 9.67. The van der Waals surface area contributed by atoms with Crippen molar-refractivity contribution in [2.75, 3.05) is 20.2 Å². The minimum Gasteiger partial charge on any atom is -0.497 e. The van der Waals surface area contributed by atoms with E-state index in [1.807, 2.05) is 23.9 Å². The summed E-state index contributed by atoms with van der Waals surface area (Å²) in [5, 5.41) is 5.22. The average molecular weight is 292 g/mol. The first-order valence-corrected chi connectivity index (χ1v) is 8.13. The molecule has 0 radical (unpaired) electrons. The van der Waals surface area contributed by atoms with Crippen molar-refractivity contribution in [3.63, 3.8) is 0 Å². The Labute approximate surface area is 126 Å². The number of rotatable bonds is 6. The van der Waals surface area contributed by atoms with Gasteiger partial charge in [0, 0.05) is 11.8 Å². The highest BCUT2D eigenvalue weighted by Crippen LogP contribution is 2.25. The normalized spacial score (nSPS) is 18.2. The Bertz CT molecular complexity index is 442. The molecule has 0 aliphatic carbocycles. The van der Waals surface area contributed by atoms with E-state index in [9.17, 15) is 0 Å². The lowest BCUT2D eigenvalue weighted by atomic mass is 10.1. The van der Waals surface area contributed by atoms with Gasteiger partial charge in [0.1, 0.15) is 5.75 Å². The minimum atomic E-state index is 0.665. The predicted molar refractivity (Wildman–Crippen MR) is 87.8 cm³/mol. The van der Waals surface area contributed by atoms with Gasteiger partial charge in [-0.25, -0.2) is 0 Å². The molecule has 0 fully saturated rings. The van der Waals surface area contributed by atoms with Crippen LogP contribution in [0.25, 0.3) is 0 Å². The van der Waals surface area contributed by atoms with Crippen LogP contribution >= 0.6 is 11.8 Å². The number of thioether (sulfide) groups is 1. The van der Waals surface area contributed by atoms with Crippen molar-refractivity contribution in [3.05, 3.63) is 29.8 Å². The van der Waals surface area contributed by atoms with E-state index in [0.29, 0.717) is 5.25 Å². The van der Waals surface area contributed by atoms with Gasteiger partial charge in [0.2, 0.25) is 0 Å². The summed E-state index contributed by atoms with van der Waals surface area (Å²) in [6, 6.07) is 8.25. The summed E-state index contributed by atoms with van der Waals surface area (Å²) in [4.78, 5) is 4.58. The largest absolute Gasteiger partial charge is 0.497 e. The molecule has 0 saturated heterocycles. The molecule has 3 nitrogen and oxygen atoms in total. The second kappa shape index (κ2) is 7.58. The number of hydrogen-bond donors (Lipinski definition) is 1. The van der Waals surface area contributed by atoms with Crippen LogP contribution in [0, 0.1) is 5.92 Å². The predicted octanol–water partition coefficient (Wildman–Crippen LogP) is 3.34. The SMILES string of the molecule is COc1ccc(CCNC2=NCC(CC(C)C)S2)cc1. The van der Waals surface area contributed by atoms with Gasteiger partial charge < -0.3 is 10.1 Å². The average Bonchev–Trinajstić information content (AvgIpc) is 2.86. The summed E-state index contributed by atoms with van der Waals surface area (Å²) in [6.45, 7) is 6.45. The third-order valence-corrected chi connectivity index (χ3v) is 4.47. The van der Waals surface area contributed by atoms with Crippen LogP contribution in [0.3, 0.4) is 0 Å². The molecule has 0 bridgehead atoms. The van der Waals surface area contributed by atoms with E-state index >= 15 is 0 Å². The highest BCUT2D eigenvalue weighted by molar-refractivity contribution is 8.14. The molecule has 1 aliphatic heterocycles. The summed E-state index contributed by atoms with van der Waals surface area (Å²) in [6.07, 6.45) is 2.26. The smallest absolute Gasteiger partial charge is 0.156 e. The first-order valence-electron chi connectivity index (χ1n) is 7.25. The van der Waals surface area contributed by atoms with Gasteiger partial charge in [-0.15, -0.1) is 0 Å². The van der Waals surface area contributed by atoms with Crippen LogP contribution in [0.1, 0.15) is 25.8 Å². The highest BCUT2D eigenvalue weighted by Gasteiger charge is 2.19. The van der Waals surface area contributed by atoms with Crippen molar-refractivity contribution in [1.29, 1.82) is 0 Å². The molecule has 1 N–H and O–H groups in total. The van der Waals surface area contributed by atoms with E-state index in [2.05, 4.69) is 36.3 Å². The molecule has 0 saturated carbocycles. The third kappa shape index (κ3) is 4.75. The summed E-state index contributed by atoms with van der Waals surface area (Å²) < 4.78 is 5.16. The van der Waals surface area contributed by atoms with Gasteiger partial charge >= 0.3 is 0 Å². The molecule has 1 aliphatic rings. The van der Waals surface area contributed by atoms with Gasteiger partial charge in [0.15, 0.2) is 5.17 Å². The molecule has 0 spiro atoms. The van der Waals surface area contributed by atoms with Gasteiger partial charge in [0.05, 0.1) is 13.7 Å². The monoisotopic (exact) mass is 292 g/mol. The third-order valence-electron chi connectivity index (χ3n) is 3.30. The van der Waals surface area contributed by atoms with E-state index in [1.54, 1.807) is 7.11 Å². The Morgan fingerprint density at radius 1 is 1.35 bits per heavy atom. The molecular weight excluding hydrogens is 268 g/mol. The molecule has 4 heteroatoms. The first kappa shape index (κ1) is 15.2. The Balaban J connectivity index is 1.68. The Hall–Kier alpha value is -1.16. The van der Waals surface area contributed by atoms with Gasteiger partial charge in [-0.3, -0.25) is 4.99 Å². The fourth-order valence-electron chi connectivity index (χ4n) is 2.27. The van der Waals surface area contributed by atoms with Crippen LogP contribution < -0.4 is 10.1 Å². The molecule has 1 unspecified atom stereocenters. The number of aliphatic imine (C=N–C) groups is 1. The zero-order chi connectivity index (χ0) is 14.4. The molecule has 20 heavy (non-hydrogen) atoms. The molecule has 2 rings (SSSR count). The van der Waals surface area contributed by atoms with Gasteiger partial charge in [0.25, 0.3) is 0 Å². The van der Waals surface area contributed by atoms with Crippen molar-refractivity contribution in [2.24, 2.45) is 10.9 Å². The lowest BCUT2D eigenvalue weighted by Gasteiger charge is -2.11. The van der Waals surface area contributed by atoms with Crippen molar-refractivity contribution in [2.45, 2.75) is 31.9 Å². The maximum absolute atomic E-state index is 5.16. The fraction of sp³-hybridized carbons (Fsp3) is 0.562. The lowest BCUT2D eigenvalue weighted by Crippen LogP contribution is -2.22. The molecule has 0 aromatic heterocycles. The number of nitrogens with zero attached hydrogens (tertiary/aromatic N) is 1. The molecule has 1 aromatic carbocycles. The number of hydrogen-bond acceptors (Lipinski definition) is 4. The molecule has 1 atom stereocenters. The second-order valence-electron chi connectivity index (χ2n) is 5.54. The topological polar surface area (TPSA) is 33.6 Å². The molecular formula is C16H24N2OS. The minimum absolute atomic E-state index is 0.665. The molecule has 110 valence electrons. The standard InChI is InChI=1S/C16H24N2OS/c1-12(2)10-15-11-18-16(20-15)17-9-8-13-4-6-14(19-3)7-5-13/h4-7,12,15H,8-11H2,1-3H3,(H,17,18). The quantitative estimate of drug-likeness (QED) is 0.873. The van der Waals surface area contributed by atoms with Gasteiger partial charge in [-0.05, 0) is 36.5 Å². The van der Waals surface area contributed by atoms with Gasteiger partial charge in [-0.1, -0.05) is 37.7 Å². The highest BCUT2D eigenvalue weighted by atomic mass is 32.2. The van der Waals surface area contributed by atoms with Crippen LogP contribution in [-0.4, -0.2) is 30.6 Å². The fourth-order valence-corrected chi connectivity index (χ4v) is 3.55. The van der Waals surface area contributed by atoms with Crippen LogP contribution in [-0.2, 0) is 6.42 Å². The maximum Gasteiger partial charge on any atom is 0.156 e. The molecule has 0 amide bonds. The van der Waals surface area contributed by atoms with Gasteiger partial charge in [-0.2, -0.15) is 0 Å². The number of ether oxygens (including phenoxy) is 1. The number of benzene rings is 1. The van der Waals surface area contributed by atoms with Crippen molar-refractivity contribution >= 4 is 16.9 Å². The number of amidine groups is 1. The molecule has 1 heterocycles. The summed E-state index contributed by atoms with van der Waals surface area (Å²) in [5.41, 5.74) is 1.32. The van der Waals surface area contributed by atoms with E-state index in [4.69, 9.17) is 4.74 Å². The van der Waals surface area contributed by atoms with Crippen LogP contribution in [0.15, 0.2) is 29.3 Å². The van der Waals surface area contributed by atoms with Crippen molar-refractivity contribution < 1.29 is 4.74 Å². The van der Waals surface area contributed by atoms with Crippen LogP contribution in [0.5, 0.6) is 5.75 Å². The number of nitrogens with one attached hydrogen (secondary N) is 1. The summed E-state index contributed by atoms with van der Waals surface area (Å²) in [7, 11) is 1.69. The van der Waals surface area contributed by atoms with Crippen LogP contribution in [0.4, 0.5) is 0 Å². The summed E-state index contributed by atoms with van der Waals surface area (Å²) >= 11 is 1.90. The zero-order valence-electron chi connectivity index (χ0n) is 12.6. The van der Waals surface area contributed by atoms with Crippen molar-refractivity contribution in [3.8, 4) is 5.75 Å². The van der Waals surface area contributed by atoms with E-state index in [1.165, 1.54) is 12.0 Å². The Morgan fingerprint density at radius 2 is 2.10 bits per heavy atom. The second-order valence-corrected chi connectivity index (χ2v) is 6.83. The maximum atomic E-state index is 5.16. The zero-order valence-corrected chi connectivity index (χ0v) is 13.4. The lowest BCUT2D eigenvalue weighted by molar-refractivity contribution is 0.414. The van der Waals surface area contributed by atoms with E-state index in [0.717, 1.165) is 36.3 Å². The van der Waals surface area contributed by atoms with E-state index < -0.39 is 0 Å².